The van der Waals surface area contributed by atoms with Crippen molar-refractivity contribution in [1.82, 2.24) is 4.90 Å². The molecule has 1 aromatic heterocycles. The van der Waals surface area contributed by atoms with Crippen LogP contribution in [-0.4, -0.2) is 35.0 Å². The molecule has 2 aromatic rings. The first-order valence-electron chi connectivity index (χ1n) is 6.16. The Labute approximate surface area is 114 Å². The summed E-state index contributed by atoms with van der Waals surface area (Å²) in [5.41, 5.74) is 0. The van der Waals surface area contributed by atoms with Gasteiger partial charge < -0.3 is 10.0 Å². The van der Waals surface area contributed by atoms with Gasteiger partial charge in [0.2, 0.25) is 0 Å². The van der Waals surface area contributed by atoms with Gasteiger partial charge in [-0.3, -0.25) is 9.59 Å². The zero-order valence-electron chi connectivity index (χ0n) is 10.2. The highest BCUT2D eigenvalue weighted by Crippen LogP contribution is 2.28. The third-order valence-corrected chi connectivity index (χ3v) is 4.57. The van der Waals surface area contributed by atoms with Crippen LogP contribution >= 0.6 is 11.3 Å². The zero-order chi connectivity index (χ0) is 13.4. The van der Waals surface area contributed by atoms with Crippen LogP contribution in [0.4, 0.5) is 0 Å². The van der Waals surface area contributed by atoms with E-state index in [0.717, 1.165) is 10.1 Å². The number of fused-ring (bicyclic) bond motifs is 1. The van der Waals surface area contributed by atoms with E-state index in [1.165, 1.54) is 11.3 Å². The molecule has 0 bridgehead atoms. The summed E-state index contributed by atoms with van der Waals surface area (Å²) in [7, 11) is 0. The fourth-order valence-electron chi connectivity index (χ4n) is 2.39. The number of thiophene rings is 1. The van der Waals surface area contributed by atoms with Crippen LogP contribution < -0.4 is 0 Å². The van der Waals surface area contributed by atoms with Gasteiger partial charge in [0.1, 0.15) is 0 Å². The van der Waals surface area contributed by atoms with Crippen LogP contribution in [0, 0.1) is 5.92 Å². The van der Waals surface area contributed by atoms with Crippen LogP contribution in [-0.2, 0) is 4.79 Å². The lowest BCUT2D eigenvalue weighted by molar-refractivity contribution is -0.141. The molecule has 1 aliphatic rings. The van der Waals surface area contributed by atoms with E-state index >= 15 is 0 Å². The summed E-state index contributed by atoms with van der Waals surface area (Å²) < 4.78 is 1.08. The number of hydrogen-bond acceptors (Lipinski definition) is 3. The number of nitrogens with zero attached hydrogens (tertiary/aromatic N) is 1. The maximum absolute atomic E-state index is 12.3. The molecule has 98 valence electrons. The SMILES string of the molecule is O=C(O)C1CCN(C(=O)c2cc3ccccc3s2)C1. The van der Waals surface area contributed by atoms with E-state index in [9.17, 15) is 9.59 Å². The second-order valence-electron chi connectivity index (χ2n) is 4.72. The number of carbonyl (C=O) groups excluding carboxylic acids is 1. The van der Waals surface area contributed by atoms with Crippen LogP contribution in [0.15, 0.2) is 30.3 Å². The number of aliphatic carboxylic acids is 1. The largest absolute Gasteiger partial charge is 0.481 e. The molecule has 1 aliphatic heterocycles. The van der Waals surface area contributed by atoms with Gasteiger partial charge in [0.15, 0.2) is 0 Å². The lowest BCUT2D eigenvalue weighted by Crippen LogP contribution is -2.29. The molecule has 0 spiro atoms. The second-order valence-corrected chi connectivity index (χ2v) is 5.81. The third-order valence-electron chi connectivity index (χ3n) is 3.46. The van der Waals surface area contributed by atoms with Crippen molar-refractivity contribution >= 4 is 33.3 Å². The Morgan fingerprint density at radius 2 is 2.11 bits per heavy atom. The van der Waals surface area contributed by atoms with Crippen molar-refractivity contribution in [3.63, 3.8) is 0 Å². The Bertz CT molecular complexity index is 616. The minimum atomic E-state index is -0.813. The van der Waals surface area contributed by atoms with Crippen molar-refractivity contribution in [3.8, 4) is 0 Å². The Morgan fingerprint density at radius 3 is 2.79 bits per heavy atom. The molecule has 1 saturated heterocycles. The van der Waals surface area contributed by atoms with E-state index < -0.39 is 11.9 Å². The lowest BCUT2D eigenvalue weighted by Gasteiger charge is -2.14. The summed E-state index contributed by atoms with van der Waals surface area (Å²) in [6.07, 6.45) is 0.548. The minimum Gasteiger partial charge on any atom is -0.481 e. The van der Waals surface area contributed by atoms with Crippen LogP contribution in [0.1, 0.15) is 16.1 Å². The van der Waals surface area contributed by atoms with E-state index in [-0.39, 0.29) is 5.91 Å². The predicted molar refractivity (Wildman–Crippen MR) is 73.5 cm³/mol. The molecule has 5 heteroatoms. The van der Waals surface area contributed by atoms with E-state index in [1.54, 1.807) is 4.90 Å². The Hall–Kier alpha value is -1.88. The molecule has 0 saturated carbocycles. The topological polar surface area (TPSA) is 57.6 Å². The maximum atomic E-state index is 12.3. The van der Waals surface area contributed by atoms with Gasteiger partial charge >= 0.3 is 5.97 Å². The van der Waals surface area contributed by atoms with Crippen molar-refractivity contribution in [2.24, 2.45) is 5.92 Å². The number of amides is 1. The molecule has 2 heterocycles. The Balaban J connectivity index is 1.82. The molecule has 4 nitrogen and oxygen atoms in total. The summed E-state index contributed by atoms with van der Waals surface area (Å²) in [5.74, 6) is -1.28. The summed E-state index contributed by atoms with van der Waals surface area (Å²) in [6.45, 7) is 0.854. The number of likely N-dealkylation sites (tertiary alicyclic amines) is 1. The molecule has 0 aliphatic carbocycles. The average molecular weight is 275 g/mol. The van der Waals surface area contributed by atoms with Crippen molar-refractivity contribution < 1.29 is 14.7 Å². The van der Waals surface area contributed by atoms with E-state index in [0.29, 0.717) is 24.4 Å². The van der Waals surface area contributed by atoms with E-state index in [4.69, 9.17) is 5.11 Å². The molecular formula is C14H13NO3S. The lowest BCUT2D eigenvalue weighted by atomic mass is 10.1. The smallest absolute Gasteiger partial charge is 0.308 e. The van der Waals surface area contributed by atoms with Crippen LogP contribution in [0.5, 0.6) is 0 Å². The van der Waals surface area contributed by atoms with Crippen molar-refractivity contribution in [2.75, 3.05) is 13.1 Å². The minimum absolute atomic E-state index is 0.0510. The molecular weight excluding hydrogens is 262 g/mol. The highest BCUT2D eigenvalue weighted by Gasteiger charge is 2.31. The average Bonchev–Trinajstić information content (AvgIpc) is 3.04. The number of carbonyl (C=O) groups is 2. The number of hydrogen-bond donors (Lipinski definition) is 1. The predicted octanol–water partition coefficient (Wildman–Crippen LogP) is 2.45. The maximum Gasteiger partial charge on any atom is 0.308 e. The molecule has 1 unspecified atom stereocenters. The fourth-order valence-corrected chi connectivity index (χ4v) is 3.42. The van der Waals surface area contributed by atoms with Gasteiger partial charge in [-0.15, -0.1) is 11.3 Å². The molecule has 19 heavy (non-hydrogen) atoms. The summed E-state index contributed by atoms with van der Waals surface area (Å²) in [5, 5.41) is 10.0. The highest BCUT2D eigenvalue weighted by atomic mass is 32.1. The Morgan fingerprint density at radius 1 is 1.32 bits per heavy atom. The first-order valence-corrected chi connectivity index (χ1v) is 6.97. The van der Waals surface area contributed by atoms with Gasteiger partial charge in [-0.2, -0.15) is 0 Å². The van der Waals surface area contributed by atoms with Gasteiger partial charge in [-0.25, -0.2) is 0 Å². The van der Waals surface area contributed by atoms with Crippen molar-refractivity contribution in [2.45, 2.75) is 6.42 Å². The summed E-state index contributed by atoms with van der Waals surface area (Å²) >= 11 is 1.46. The molecule has 0 radical (unpaired) electrons. The monoisotopic (exact) mass is 275 g/mol. The molecule has 1 amide bonds. The number of carboxylic acid groups (broad SMARTS) is 1. The van der Waals surface area contributed by atoms with E-state index in [1.807, 2.05) is 30.3 Å². The third kappa shape index (κ3) is 2.21. The Kier molecular flexibility index (Phi) is 2.98. The van der Waals surface area contributed by atoms with Crippen molar-refractivity contribution in [3.05, 3.63) is 35.2 Å². The first-order chi connectivity index (χ1) is 9.15. The molecule has 1 atom stereocenters. The van der Waals surface area contributed by atoms with Crippen LogP contribution in [0.25, 0.3) is 10.1 Å². The number of benzene rings is 1. The summed E-state index contributed by atoms with van der Waals surface area (Å²) in [4.78, 5) is 25.6. The van der Waals surface area contributed by atoms with Gasteiger partial charge in [0.25, 0.3) is 5.91 Å². The van der Waals surface area contributed by atoms with Gasteiger partial charge in [0.05, 0.1) is 10.8 Å². The van der Waals surface area contributed by atoms with Gasteiger partial charge in [-0.1, -0.05) is 18.2 Å². The molecule has 1 fully saturated rings. The van der Waals surface area contributed by atoms with Gasteiger partial charge in [0, 0.05) is 17.8 Å². The normalized spacial score (nSPS) is 18.9. The standard InChI is InChI=1S/C14H13NO3S/c16-13(15-6-5-10(8-15)14(17)18)12-7-9-3-1-2-4-11(9)19-12/h1-4,7,10H,5-6,8H2,(H,17,18). The second kappa shape index (κ2) is 4.66. The number of rotatable bonds is 2. The highest BCUT2D eigenvalue weighted by molar-refractivity contribution is 7.20. The quantitative estimate of drug-likeness (QED) is 0.916. The van der Waals surface area contributed by atoms with Crippen LogP contribution in [0.2, 0.25) is 0 Å². The molecule has 1 aromatic carbocycles. The van der Waals surface area contributed by atoms with E-state index in [2.05, 4.69) is 0 Å². The van der Waals surface area contributed by atoms with Crippen LogP contribution in [0.3, 0.4) is 0 Å². The molecule has 3 rings (SSSR count). The van der Waals surface area contributed by atoms with Gasteiger partial charge in [-0.05, 0) is 23.9 Å². The first kappa shape index (κ1) is 12.2. The fraction of sp³-hybridized carbons (Fsp3) is 0.286. The zero-order valence-corrected chi connectivity index (χ0v) is 11.0. The summed E-state index contributed by atoms with van der Waals surface area (Å²) in [6, 6.07) is 9.74. The number of carboxylic acids is 1. The van der Waals surface area contributed by atoms with Crippen molar-refractivity contribution in [1.29, 1.82) is 0 Å². The molecule has 1 N–H and O–H groups in total.